The SMILES string of the molecule is CCC1(CC)CCN(C(=O)c2cccc(Br)c2C)C1. The molecule has 1 heterocycles. The second-order valence-electron chi connectivity index (χ2n) is 5.60. The van der Waals surface area contributed by atoms with Gasteiger partial charge in [0.1, 0.15) is 0 Å². The van der Waals surface area contributed by atoms with E-state index >= 15 is 0 Å². The van der Waals surface area contributed by atoms with Crippen LogP contribution in [0, 0.1) is 12.3 Å². The number of carbonyl (C=O) groups excluding carboxylic acids is 1. The molecule has 1 aliphatic rings. The lowest BCUT2D eigenvalue weighted by molar-refractivity contribution is 0.0769. The number of nitrogens with zero attached hydrogens (tertiary/aromatic N) is 1. The molecule has 0 aliphatic carbocycles. The zero-order valence-corrected chi connectivity index (χ0v) is 13.6. The topological polar surface area (TPSA) is 20.3 Å². The van der Waals surface area contributed by atoms with E-state index in [9.17, 15) is 4.79 Å². The Kier molecular flexibility index (Phi) is 4.34. The Morgan fingerprint density at radius 1 is 1.37 bits per heavy atom. The van der Waals surface area contributed by atoms with E-state index < -0.39 is 0 Å². The summed E-state index contributed by atoms with van der Waals surface area (Å²) in [6, 6.07) is 5.85. The van der Waals surface area contributed by atoms with E-state index in [1.165, 1.54) is 0 Å². The third kappa shape index (κ3) is 2.71. The van der Waals surface area contributed by atoms with Crippen molar-refractivity contribution in [1.82, 2.24) is 4.90 Å². The summed E-state index contributed by atoms with van der Waals surface area (Å²) in [5.41, 5.74) is 2.21. The van der Waals surface area contributed by atoms with Gasteiger partial charge in [0.15, 0.2) is 0 Å². The van der Waals surface area contributed by atoms with Gasteiger partial charge in [-0.25, -0.2) is 0 Å². The minimum atomic E-state index is 0.183. The van der Waals surface area contributed by atoms with E-state index in [2.05, 4.69) is 29.8 Å². The van der Waals surface area contributed by atoms with E-state index in [4.69, 9.17) is 0 Å². The standard InChI is InChI=1S/C16H22BrNO/c1-4-16(5-2)9-10-18(11-16)15(19)13-7-6-8-14(17)12(13)3/h6-8H,4-5,9-11H2,1-3H3. The van der Waals surface area contributed by atoms with Crippen molar-refractivity contribution >= 4 is 21.8 Å². The molecule has 1 saturated heterocycles. The fourth-order valence-corrected chi connectivity index (χ4v) is 3.31. The van der Waals surface area contributed by atoms with Gasteiger partial charge < -0.3 is 4.90 Å². The van der Waals surface area contributed by atoms with Crippen LogP contribution in [0.25, 0.3) is 0 Å². The lowest BCUT2D eigenvalue weighted by Crippen LogP contribution is -2.32. The number of hydrogen-bond acceptors (Lipinski definition) is 1. The normalized spacial score (nSPS) is 17.8. The number of rotatable bonds is 3. The quantitative estimate of drug-likeness (QED) is 0.806. The van der Waals surface area contributed by atoms with Gasteiger partial charge in [-0.15, -0.1) is 0 Å². The Morgan fingerprint density at radius 2 is 2.05 bits per heavy atom. The van der Waals surface area contributed by atoms with Crippen LogP contribution in [0.3, 0.4) is 0 Å². The summed E-state index contributed by atoms with van der Waals surface area (Å²) >= 11 is 3.50. The number of likely N-dealkylation sites (tertiary alicyclic amines) is 1. The first kappa shape index (κ1) is 14.6. The van der Waals surface area contributed by atoms with E-state index in [1.54, 1.807) is 0 Å². The molecule has 1 aromatic carbocycles. The van der Waals surface area contributed by atoms with Crippen molar-refractivity contribution in [2.75, 3.05) is 13.1 Å². The number of hydrogen-bond donors (Lipinski definition) is 0. The van der Waals surface area contributed by atoms with Gasteiger partial charge in [0.05, 0.1) is 0 Å². The van der Waals surface area contributed by atoms with Gasteiger partial charge in [-0.2, -0.15) is 0 Å². The molecule has 104 valence electrons. The second-order valence-corrected chi connectivity index (χ2v) is 6.45. The maximum atomic E-state index is 12.6. The zero-order valence-electron chi connectivity index (χ0n) is 12.0. The zero-order chi connectivity index (χ0) is 14.0. The van der Waals surface area contributed by atoms with Crippen LogP contribution in [0.2, 0.25) is 0 Å². The van der Waals surface area contributed by atoms with Crippen LogP contribution in [0.4, 0.5) is 0 Å². The molecule has 1 amide bonds. The lowest BCUT2D eigenvalue weighted by Gasteiger charge is -2.26. The highest BCUT2D eigenvalue weighted by atomic mass is 79.9. The third-order valence-corrected chi connectivity index (χ3v) is 5.58. The van der Waals surface area contributed by atoms with Crippen molar-refractivity contribution in [3.8, 4) is 0 Å². The summed E-state index contributed by atoms with van der Waals surface area (Å²) in [4.78, 5) is 14.7. The maximum absolute atomic E-state index is 12.6. The van der Waals surface area contributed by atoms with Gasteiger partial charge in [0, 0.05) is 23.1 Å². The van der Waals surface area contributed by atoms with E-state index in [-0.39, 0.29) is 5.91 Å². The predicted octanol–water partition coefficient (Wildman–Crippen LogP) is 4.41. The Hall–Kier alpha value is -0.830. The molecule has 0 saturated carbocycles. The van der Waals surface area contributed by atoms with E-state index in [1.807, 2.05) is 30.0 Å². The smallest absolute Gasteiger partial charge is 0.254 e. The largest absolute Gasteiger partial charge is 0.338 e. The molecule has 0 aromatic heterocycles. The average molecular weight is 324 g/mol. The van der Waals surface area contributed by atoms with Crippen molar-refractivity contribution in [2.24, 2.45) is 5.41 Å². The Balaban J connectivity index is 2.20. The van der Waals surface area contributed by atoms with Crippen LogP contribution < -0.4 is 0 Å². The van der Waals surface area contributed by atoms with Gasteiger partial charge in [0.2, 0.25) is 0 Å². The van der Waals surface area contributed by atoms with Crippen molar-refractivity contribution in [3.63, 3.8) is 0 Å². The number of benzene rings is 1. The maximum Gasteiger partial charge on any atom is 0.254 e. The summed E-state index contributed by atoms with van der Waals surface area (Å²) in [6.45, 7) is 8.28. The van der Waals surface area contributed by atoms with Crippen LogP contribution in [0.1, 0.15) is 49.0 Å². The molecular formula is C16H22BrNO. The highest BCUT2D eigenvalue weighted by Crippen LogP contribution is 2.37. The summed E-state index contributed by atoms with van der Waals surface area (Å²) in [7, 11) is 0. The molecule has 1 aliphatic heterocycles. The molecule has 0 bridgehead atoms. The van der Waals surface area contributed by atoms with Crippen molar-refractivity contribution in [2.45, 2.75) is 40.0 Å². The van der Waals surface area contributed by atoms with Crippen LogP contribution >= 0.6 is 15.9 Å². The first-order valence-electron chi connectivity index (χ1n) is 7.07. The fraction of sp³-hybridized carbons (Fsp3) is 0.562. The summed E-state index contributed by atoms with van der Waals surface area (Å²) in [5.74, 6) is 0.183. The van der Waals surface area contributed by atoms with E-state index in [0.29, 0.717) is 5.41 Å². The predicted molar refractivity (Wildman–Crippen MR) is 82.4 cm³/mol. The third-order valence-electron chi connectivity index (χ3n) is 4.72. The number of amides is 1. The van der Waals surface area contributed by atoms with Gasteiger partial charge in [-0.05, 0) is 49.3 Å². The average Bonchev–Trinajstić information content (AvgIpc) is 2.86. The van der Waals surface area contributed by atoms with Crippen molar-refractivity contribution < 1.29 is 4.79 Å². The Labute approximate surface area is 124 Å². The van der Waals surface area contributed by atoms with Gasteiger partial charge in [-0.1, -0.05) is 35.8 Å². The lowest BCUT2D eigenvalue weighted by atomic mass is 9.82. The molecule has 0 atom stereocenters. The fourth-order valence-electron chi connectivity index (χ4n) is 2.95. The number of carbonyl (C=O) groups is 1. The molecule has 19 heavy (non-hydrogen) atoms. The highest BCUT2D eigenvalue weighted by molar-refractivity contribution is 9.10. The second kappa shape index (κ2) is 5.66. The molecular weight excluding hydrogens is 302 g/mol. The first-order chi connectivity index (χ1) is 9.03. The van der Waals surface area contributed by atoms with Crippen LogP contribution in [-0.2, 0) is 0 Å². The molecule has 0 spiro atoms. The van der Waals surface area contributed by atoms with Gasteiger partial charge in [0.25, 0.3) is 5.91 Å². The molecule has 0 radical (unpaired) electrons. The number of halogens is 1. The molecule has 1 aromatic rings. The minimum absolute atomic E-state index is 0.183. The first-order valence-corrected chi connectivity index (χ1v) is 7.86. The van der Waals surface area contributed by atoms with Gasteiger partial charge in [-0.3, -0.25) is 4.79 Å². The Bertz CT molecular complexity index is 480. The van der Waals surface area contributed by atoms with Crippen LogP contribution in [-0.4, -0.2) is 23.9 Å². The molecule has 2 rings (SSSR count). The van der Waals surface area contributed by atoms with E-state index in [0.717, 1.165) is 48.0 Å². The van der Waals surface area contributed by atoms with Crippen molar-refractivity contribution in [3.05, 3.63) is 33.8 Å². The van der Waals surface area contributed by atoms with Crippen LogP contribution in [0.15, 0.2) is 22.7 Å². The minimum Gasteiger partial charge on any atom is -0.338 e. The molecule has 3 heteroatoms. The molecule has 2 nitrogen and oxygen atoms in total. The summed E-state index contributed by atoms with van der Waals surface area (Å²) < 4.78 is 1.01. The summed E-state index contributed by atoms with van der Waals surface area (Å²) in [6.07, 6.45) is 3.45. The van der Waals surface area contributed by atoms with Crippen LogP contribution in [0.5, 0.6) is 0 Å². The highest BCUT2D eigenvalue weighted by Gasteiger charge is 2.37. The summed E-state index contributed by atoms with van der Waals surface area (Å²) in [5, 5.41) is 0. The molecule has 0 unspecified atom stereocenters. The molecule has 1 fully saturated rings. The monoisotopic (exact) mass is 323 g/mol. The Morgan fingerprint density at radius 3 is 2.63 bits per heavy atom. The van der Waals surface area contributed by atoms with Crippen molar-refractivity contribution in [1.29, 1.82) is 0 Å². The molecule has 0 N–H and O–H groups in total. The van der Waals surface area contributed by atoms with Gasteiger partial charge >= 0.3 is 0 Å².